The van der Waals surface area contributed by atoms with Gasteiger partial charge in [-0.3, -0.25) is 0 Å². The second-order valence-corrected chi connectivity index (χ2v) is 2.88. The van der Waals surface area contributed by atoms with E-state index in [0.29, 0.717) is 24.7 Å². The van der Waals surface area contributed by atoms with E-state index < -0.39 is 0 Å². The van der Waals surface area contributed by atoms with E-state index in [4.69, 9.17) is 14.2 Å². The Hall–Kier alpha value is -1.64. The van der Waals surface area contributed by atoms with Crippen molar-refractivity contribution in [2.75, 3.05) is 20.3 Å². The third kappa shape index (κ3) is 1.66. The summed E-state index contributed by atoms with van der Waals surface area (Å²) in [5.74, 6) is 2.12. The predicted molar refractivity (Wildman–Crippen MR) is 53.1 cm³/mol. The molecule has 0 bridgehead atoms. The molecule has 1 aromatic rings. The van der Waals surface area contributed by atoms with Crippen LogP contribution in [0.2, 0.25) is 0 Å². The molecule has 0 radical (unpaired) electrons. The van der Waals surface area contributed by atoms with Gasteiger partial charge in [-0.05, 0) is 24.3 Å². The van der Waals surface area contributed by atoms with Crippen molar-refractivity contribution in [3.63, 3.8) is 0 Å². The van der Waals surface area contributed by atoms with Crippen LogP contribution in [0.4, 0.5) is 0 Å². The monoisotopic (exact) mass is 192 g/mol. The number of rotatable bonds is 1. The minimum Gasteiger partial charge on any atom is -0.493 e. The number of fused-ring (bicyclic) bond motifs is 1. The van der Waals surface area contributed by atoms with Gasteiger partial charge in [-0.25, -0.2) is 0 Å². The summed E-state index contributed by atoms with van der Waals surface area (Å²) in [6.07, 6.45) is 3.86. The third-order valence-corrected chi connectivity index (χ3v) is 1.99. The quantitative estimate of drug-likeness (QED) is 0.637. The van der Waals surface area contributed by atoms with E-state index in [1.807, 2.05) is 30.4 Å². The van der Waals surface area contributed by atoms with E-state index in [1.165, 1.54) is 0 Å². The normalized spacial score (nSPS) is 16.6. The summed E-state index contributed by atoms with van der Waals surface area (Å²) in [6, 6.07) is 5.61. The molecule has 1 heterocycles. The van der Waals surface area contributed by atoms with Crippen LogP contribution >= 0.6 is 0 Å². The van der Waals surface area contributed by atoms with Crippen LogP contribution in [0.25, 0.3) is 0 Å². The van der Waals surface area contributed by atoms with Crippen molar-refractivity contribution in [1.82, 2.24) is 0 Å². The van der Waals surface area contributed by atoms with Gasteiger partial charge in [0.25, 0.3) is 0 Å². The van der Waals surface area contributed by atoms with Crippen LogP contribution in [0.1, 0.15) is 0 Å². The van der Waals surface area contributed by atoms with Crippen LogP contribution in [-0.2, 0) is 0 Å². The van der Waals surface area contributed by atoms with Crippen LogP contribution in [-0.4, -0.2) is 20.3 Å². The lowest BCUT2D eigenvalue weighted by atomic mass is 10.3. The first-order valence-electron chi connectivity index (χ1n) is 4.49. The van der Waals surface area contributed by atoms with Crippen molar-refractivity contribution in [1.29, 1.82) is 0 Å². The summed E-state index contributed by atoms with van der Waals surface area (Å²) in [6.45, 7) is 1.13. The van der Waals surface area contributed by atoms with Gasteiger partial charge in [0.2, 0.25) is 5.75 Å². The van der Waals surface area contributed by atoms with Crippen LogP contribution in [0.3, 0.4) is 0 Å². The maximum Gasteiger partial charge on any atom is 0.203 e. The van der Waals surface area contributed by atoms with E-state index in [0.717, 1.165) is 5.75 Å². The highest BCUT2D eigenvalue weighted by Crippen LogP contribution is 2.37. The van der Waals surface area contributed by atoms with Gasteiger partial charge in [0, 0.05) is 0 Å². The van der Waals surface area contributed by atoms with E-state index in [2.05, 4.69) is 0 Å². The Bertz CT molecular complexity index is 344. The van der Waals surface area contributed by atoms with Gasteiger partial charge in [0.1, 0.15) is 13.2 Å². The molecule has 0 aromatic heterocycles. The van der Waals surface area contributed by atoms with Gasteiger partial charge in [-0.15, -0.1) is 0 Å². The highest BCUT2D eigenvalue weighted by atomic mass is 16.5. The molecule has 0 spiro atoms. The number of methoxy groups -OCH3 is 1. The molecule has 0 fully saturated rings. The summed E-state index contributed by atoms with van der Waals surface area (Å²) >= 11 is 0. The first-order valence-corrected chi connectivity index (χ1v) is 4.49. The number of ether oxygens (including phenoxy) is 3. The fraction of sp³-hybridized carbons (Fsp3) is 0.273. The molecule has 0 aliphatic carbocycles. The lowest BCUT2D eigenvalue weighted by molar-refractivity contribution is 0.279. The summed E-state index contributed by atoms with van der Waals surface area (Å²) in [5.41, 5.74) is 0. The average molecular weight is 192 g/mol. The number of hydrogen-bond donors (Lipinski definition) is 0. The second-order valence-electron chi connectivity index (χ2n) is 2.88. The standard InChI is InChI=1S/C11H12O3/c1-12-9-5-4-6-10-11(9)14-8-3-2-7-13-10/h2-6H,7-8H2,1H3/b3-2-. The van der Waals surface area contributed by atoms with Crippen LogP contribution in [0.15, 0.2) is 30.4 Å². The van der Waals surface area contributed by atoms with Crippen molar-refractivity contribution in [2.45, 2.75) is 0 Å². The first kappa shape index (κ1) is 8.94. The van der Waals surface area contributed by atoms with Crippen LogP contribution < -0.4 is 14.2 Å². The fourth-order valence-electron chi connectivity index (χ4n) is 1.32. The molecule has 2 rings (SSSR count). The van der Waals surface area contributed by atoms with Gasteiger partial charge in [-0.2, -0.15) is 0 Å². The maximum absolute atomic E-state index is 5.51. The summed E-state index contributed by atoms with van der Waals surface area (Å²) in [7, 11) is 1.62. The van der Waals surface area contributed by atoms with Crippen molar-refractivity contribution < 1.29 is 14.2 Å². The Balaban J connectivity index is 2.37. The molecule has 1 aromatic carbocycles. The molecule has 1 aliphatic heterocycles. The lowest BCUT2D eigenvalue weighted by Crippen LogP contribution is -2.04. The molecule has 0 unspecified atom stereocenters. The van der Waals surface area contributed by atoms with Crippen molar-refractivity contribution in [3.8, 4) is 17.2 Å². The molecule has 0 N–H and O–H groups in total. The van der Waals surface area contributed by atoms with Gasteiger partial charge in [0.05, 0.1) is 7.11 Å². The molecule has 0 saturated heterocycles. The lowest BCUT2D eigenvalue weighted by Gasteiger charge is -2.15. The molecular formula is C11H12O3. The summed E-state index contributed by atoms with van der Waals surface area (Å²) in [5, 5.41) is 0. The largest absolute Gasteiger partial charge is 0.493 e. The Morgan fingerprint density at radius 2 is 1.93 bits per heavy atom. The molecule has 3 nitrogen and oxygen atoms in total. The molecule has 0 amide bonds. The third-order valence-electron chi connectivity index (χ3n) is 1.99. The van der Waals surface area contributed by atoms with Gasteiger partial charge < -0.3 is 14.2 Å². The second kappa shape index (κ2) is 4.05. The SMILES string of the molecule is COc1cccc2c1OC/C=C\CO2. The minimum atomic E-state index is 0.552. The van der Waals surface area contributed by atoms with E-state index in [1.54, 1.807) is 7.11 Å². The van der Waals surface area contributed by atoms with E-state index in [-0.39, 0.29) is 0 Å². The average Bonchev–Trinajstić information content (AvgIpc) is 2.18. The number of benzene rings is 1. The first-order chi connectivity index (χ1) is 6.92. The van der Waals surface area contributed by atoms with Crippen molar-refractivity contribution in [3.05, 3.63) is 30.4 Å². The molecule has 3 heteroatoms. The van der Waals surface area contributed by atoms with E-state index in [9.17, 15) is 0 Å². The fourth-order valence-corrected chi connectivity index (χ4v) is 1.32. The maximum atomic E-state index is 5.51. The zero-order chi connectivity index (χ0) is 9.80. The van der Waals surface area contributed by atoms with Crippen molar-refractivity contribution >= 4 is 0 Å². The Morgan fingerprint density at radius 1 is 1.14 bits per heavy atom. The highest BCUT2D eigenvalue weighted by molar-refractivity contribution is 5.51. The number of hydrogen-bond acceptors (Lipinski definition) is 3. The molecular weight excluding hydrogens is 180 g/mol. The Labute approximate surface area is 82.9 Å². The summed E-state index contributed by atoms with van der Waals surface area (Å²) < 4.78 is 16.2. The van der Waals surface area contributed by atoms with E-state index >= 15 is 0 Å². The molecule has 1 aliphatic rings. The van der Waals surface area contributed by atoms with Gasteiger partial charge >= 0.3 is 0 Å². The van der Waals surface area contributed by atoms with Crippen molar-refractivity contribution in [2.24, 2.45) is 0 Å². The molecule has 0 saturated carbocycles. The zero-order valence-corrected chi connectivity index (χ0v) is 8.03. The molecule has 74 valence electrons. The van der Waals surface area contributed by atoms with Gasteiger partial charge in [0.15, 0.2) is 11.5 Å². The zero-order valence-electron chi connectivity index (χ0n) is 8.03. The molecule has 0 atom stereocenters. The smallest absolute Gasteiger partial charge is 0.203 e. The van der Waals surface area contributed by atoms with Crippen LogP contribution in [0, 0.1) is 0 Å². The Morgan fingerprint density at radius 3 is 2.71 bits per heavy atom. The Kier molecular flexibility index (Phi) is 2.58. The van der Waals surface area contributed by atoms with Crippen LogP contribution in [0.5, 0.6) is 17.2 Å². The highest BCUT2D eigenvalue weighted by Gasteiger charge is 2.11. The topological polar surface area (TPSA) is 27.7 Å². The summed E-state index contributed by atoms with van der Waals surface area (Å²) in [4.78, 5) is 0. The minimum absolute atomic E-state index is 0.552. The molecule has 14 heavy (non-hydrogen) atoms. The predicted octanol–water partition coefficient (Wildman–Crippen LogP) is 2.02. The van der Waals surface area contributed by atoms with Gasteiger partial charge in [-0.1, -0.05) is 6.07 Å². The number of para-hydroxylation sites is 1.